The van der Waals surface area contributed by atoms with Crippen molar-refractivity contribution in [2.24, 2.45) is 0 Å². The van der Waals surface area contributed by atoms with Gasteiger partial charge in [0.2, 0.25) is 5.91 Å². The van der Waals surface area contributed by atoms with Gasteiger partial charge in [-0.05, 0) is 24.1 Å². The average molecular weight is 387 g/mol. The predicted octanol–water partition coefficient (Wildman–Crippen LogP) is 2.22. The van der Waals surface area contributed by atoms with E-state index in [4.69, 9.17) is 9.47 Å². The quantitative estimate of drug-likeness (QED) is 0.804. The molecule has 6 nitrogen and oxygen atoms in total. The zero-order valence-corrected chi connectivity index (χ0v) is 15.7. The summed E-state index contributed by atoms with van der Waals surface area (Å²) < 4.78 is 35.2. The first-order chi connectivity index (χ1) is 13.0. The van der Waals surface area contributed by atoms with Gasteiger partial charge in [-0.2, -0.15) is 0 Å². The summed E-state index contributed by atoms with van der Waals surface area (Å²) in [5.74, 6) is 1.19. The number of amides is 1. The Labute approximate surface area is 158 Å². The number of ether oxygens (including phenoxy) is 2. The zero-order valence-electron chi connectivity index (χ0n) is 14.8. The van der Waals surface area contributed by atoms with Crippen LogP contribution in [0.1, 0.15) is 12.0 Å². The molecule has 1 amide bonds. The fourth-order valence-electron chi connectivity index (χ4n) is 3.58. The minimum absolute atomic E-state index is 0.0119. The van der Waals surface area contributed by atoms with E-state index >= 15 is 0 Å². The van der Waals surface area contributed by atoms with Crippen molar-refractivity contribution in [1.82, 2.24) is 0 Å². The van der Waals surface area contributed by atoms with Gasteiger partial charge in [0.15, 0.2) is 21.3 Å². The number of rotatable bonds is 4. The zero-order chi connectivity index (χ0) is 18.9. The van der Waals surface area contributed by atoms with Crippen LogP contribution in [0, 0.1) is 0 Å². The van der Waals surface area contributed by atoms with Gasteiger partial charge in [0.05, 0.1) is 24.0 Å². The van der Waals surface area contributed by atoms with E-state index in [9.17, 15) is 13.2 Å². The molecule has 2 aromatic rings. The maximum absolute atomic E-state index is 13.1. The lowest BCUT2D eigenvalue weighted by Gasteiger charge is -2.30. The van der Waals surface area contributed by atoms with Crippen LogP contribution in [0.25, 0.3) is 0 Å². The lowest BCUT2D eigenvalue weighted by molar-refractivity contribution is -0.118. The Morgan fingerprint density at radius 2 is 1.78 bits per heavy atom. The van der Waals surface area contributed by atoms with Gasteiger partial charge in [-0.1, -0.05) is 30.3 Å². The van der Waals surface area contributed by atoms with Crippen molar-refractivity contribution in [3.8, 4) is 11.5 Å². The van der Waals surface area contributed by atoms with Crippen LogP contribution in [-0.4, -0.2) is 45.1 Å². The Morgan fingerprint density at radius 3 is 2.48 bits per heavy atom. The molecule has 0 spiro atoms. The number of sulfone groups is 1. The molecule has 0 saturated carbocycles. The normalized spacial score (nSPS) is 20.2. The lowest BCUT2D eigenvalue weighted by Crippen LogP contribution is -2.42. The van der Waals surface area contributed by atoms with Crippen LogP contribution < -0.4 is 14.4 Å². The van der Waals surface area contributed by atoms with Gasteiger partial charge in [0.1, 0.15) is 13.2 Å². The van der Waals surface area contributed by atoms with Crippen LogP contribution in [0.4, 0.5) is 5.69 Å². The second kappa shape index (κ2) is 7.23. The van der Waals surface area contributed by atoms with E-state index < -0.39 is 9.84 Å². The number of benzene rings is 2. The van der Waals surface area contributed by atoms with E-state index in [1.807, 2.05) is 30.3 Å². The smallest absolute Gasteiger partial charge is 0.231 e. The molecular weight excluding hydrogens is 366 g/mol. The van der Waals surface area contributed by atoms with E-state index in [0.717, 1.165) is 5.56 Å². The monoisotopic (exact) mass is 387 g/mol. The van der Waals surface area contributed by atoms with Crippen molar-refractivity contribution < 1.29 is 22.7 Å². The van der Waals surface area contributed by atoms with E-state index in [1.54, 1.807) is 23.1 Å². The number of carbonyl (C=O) groups is 1. The number of hydrogen-bond donors (Lipinski definition) is 0. The van der Waals surface area contributed by atoms with Gasteiger partial charge in [0, 0.05) is 11.8 Å². The molecule has 0 bridgehead atoms. The van der Waals surface area contributed by atoms with Crippen molar-refractivity contribution in [1.29, 1.82) is 0 Å². The third-order valence-electron chi connectivity index (χ3n) is 4.84. The summed E-state index contributed by atoms with van der Waals surface area (Å²) in [5.41, 5.74) is 1.54. The molecule has 2 aliphatic rings. The number of hydrogen-bond acceptors (Lipinski definition) is 5. The highest BCUT2D eigenvalue weighted by atomic mass is 32.2. The van der Waals surface area contributed by atoms with Crippen LogP contribution in [-0.2, 0) is 21.1 Å². The molecule has 2 heterocycles. The molecule has 4 rings (SSSR count). The highest BCUT2D eigenvalue weighted by molar-refractivity contribution is 7.91. The minimum atomic E-state index is -3.12. The standard InChI is InChI=1S/C20H21NO5S/c22-20(12-15-4-2-1-3-5-15)21(17-8-11-27(23,24)14-17)16-6-7-18-19(13-16)26-10-9-25-18/h1-7,13,17H,8-12,14H2. The van der Waals surface area contributed by atoms with Gasteiger partial charge in [0.25, 0.3) is 0 Å². The second-order valence-corrected chi connectivity index (χ2v) is 9.04. The van der Waals surface area contributed by atoms with Crippen LogP contribution in [0.3, 0.4) is 0 Å². The lowest BCUT2D eigenvalue weighted by atomic mass is 10.1. The van der Waals surface area contributed by atoms with E-state index in [1.165, 1.54) is 0 Å². The van der Waals surface area contributed by atoms with Crippen molar-refractivity contribution in [3.05, 3.63) is 54.1 Å². The topological polar surface area (TPSA) is 72.9 Å². The molecule has 7 heteroatoms. The van der Waals surface area contributed by atoms with Crippen molar-refractivity contribution in [3.63, 3.8) is 0 Å². The van der Waals surface area contributed by atoms with E-state index in [2.05, 4.69) is 0 Å². The molecule has 1 unspecified atom stereocenters. The Kier molecular flexibility index (Phi) is 4.78. The highest BCUT2D eigenvalue weighted by Crippen LogP contribution is 2.36. The first-order valence-corrected chi connectivity index (χ1v) is 10.8. The molecule has 1 atom stereocenters. The third kappa shape index (κ3) is 3.93. The fraction of sp³-hybridized carbons (Fsp3) is 0.350. The summed E-state index contributed by atoms with van der Waals surface area (Å²) >= 11 is 0. The Hall–Kier alpha value is -2.54. The molecule has 2 aliphatic heterocycles. The van der Waals surface area contributed by atoms with Gasteiger partial charge in [-0.15, -0.1) is 0 Å². The molecule has 1 fully saturated rings. The molecule has 0 N–H and O–H groups in total. The van der Waals surface area contributed by atoms with Gasteiger partial charge < -0.3 is 14.4 Å². The second-order valence-electron chi connectivity index (χ2n) is 6.81. The van der Waals surface area contributed by atoms with Crippen LogP contribution in [0.5, 0.6) is 11.5 Å². The largest absolute Gasteiger partial charge is 0.486 e. The number of carbonyl (C=O) groups excluding carboxylic acids is 1. The van der Waals surface area contributed by atoms with Crippen LogP contribution >= 0.6 is 0 Å². The van der Waals surface area contributed by atoms with Crippen LogP contribution in [0.15, 0.2) is 48.5 Å². The van der Waals surface area contributed by atoms with E-state index in [-0.39, 0.29) is 29.9 Å². The first kappa shape index (κ1) is 17.9. The maximum Gasteiger partial charge on any atom is 0.231 e. The van der Waals surface area contributed by atoms with Crippen molar-refractivity contribution in [2.75, 3.05) is 29.6 Å². The molecule has 2 aromatic carbocycles. The summed E-state index contributed by atoms with van der Waals surface area (Å²) in [7, 11) is -3.12. The number of fused-ring (bicyclic) bond motifs is 1. The van der Waals surface area contributed by atoms with Gasteiger partial charge in [-0.25, -0.2) is 8.42 Å². The molecule has 142 valence electrons. The Bertz CT molecular complexity index is 942. The summed E-state index contributed by atoms with van der Waals surface area (Å²) in [6, 6.07) is 14.4. The molecule has 0 radical (unpaired) electrons. The Balaban J connectivity index is 1.66. The van der Waals surface area contributed by atoms with Gasteiger partial charge in [-0.3, -0.25) is 4.79 Å². The third-order valence-corrected chi connectivity index (χ3v) is 6.59. The SMILES string of the molecule is O=C(Cc1ccccc1)N(c1ccc2c(c1)OCCO2)C1CCS(=O)(=O)C1. The minimum Gasteiger partial charge on any atom is -0.486 e. The summed E-state index contributed by atoms with van der Waals surface area (Å²) in [5, 5.41) is 0. The van der Waals surface area contributed by atoms with Crippen LogP contribution in [0.2, 0.25) is 0 Å². The highest BCUT2D eigenvalue weighted by Gasteiger charge is 2.36. The molecule has 1 saturated heterocycles. The predicted molar refractivity (Wildman–Crippen MR) is 102 cm³/mol. The summed E-state index contributed by atoms with van der Waals surface area (Å²) in [6.45, 7) is 0.941. The first-order valence-electron chi connectivity index (χ1n) is 8.98. The molecule has 0 aromatic heterocycles. The molecule has 0 aliphatic carbocycles. The maximum atomic E-state index is 13.1. The Morgan fingerprint density at radius 1 is 1.04 bits per heavy atom. The summed E-state index contributed by atoms with van der Waals surface area (Å²) in [4.78, 5) is 14.8. The number of nitrogens with zero attached hydrogens (tertiary/aromatic N) is 1. The van der Waals surface area contributed by atoms with Crippen molar-refractivity contribution in [2.45, 2.75) is 18.9 Å². The van der Waals surface area contributed by atoms with E-state index in [0.29, 0.717) is 36.8 Å². The fourth-order valence-corrected chi connectivity index (χ4v) is 5.27. The summed E-state index contributed by atoms with van der Waals surface area (Å²) in [6.07, 6.45) is 0.656. The molecule has 27 heavy (non-hydrogen) atoms. The average Bonchev–Trinajstić information content (AvgIpc) is 3.02. The van der Waals surface area contributed by atoms with Crippen molar-refractivity contribution >= 4 is 21.4 Å². The molecular formula is C20H21NO5S. The number of anilines is 1. The van der Waals surface area contributed by atoms with Gasteiger partial charge >= 0.3 is 0 Å².